The van der Waals surface area contributed by atoms with Gasteiger partial charge in [-0.1, -0.05) is 12.1 Å². The SMILES string of the molecule is CC(=O)OC1C=CC2[C@H]3Cc4ccc(O)c5c4[C@@]2(CCN3C)C1O5. The van der Waals surface area contributed by atoms with Crippen LogP contribution < -0.4 is 4.74 Å². The summed E-state index contributed by atoms with van der Waals surface area (Å²) in [5.74, 6) is 0.814. The molecule has 3 unspecified atom stereocenters. The minimum atomic E-state index is -0.402. The number of carbonyl (C=O) groups excluding carboxylic acids is 1. The Morgan fingerprint density at radius 3 is 3.04 bits per heavy atom. The number of likely N-dealkylation sites (tertiary alicyclic amines) is 1. The molecule has 0 amide bonds. The second-order valence-corrected chi connectivity index (χ2v) is 7.51. The average molecular weight is 327 g/mol. The van der Waals surface area contributed by atoms with Crippen molar-refractivity contribution in [3.8, 4) is 11.5 Å². The molecule has 5 nitrogen and oxygen atoms in total. The summed E-state index contributed by atoms with van der Waals surface area (Å²) in [4.78, 5) is 14.0. The second-order valence-electron chi connectivity index (χ2n) is 7.51. The van der Waals surface area contributed by atoms with Gasteiger partial charge in [-0.15, -0.1) is 0 Å². The van der Waals surface area contributed by atoms with Crippen LogP contribution in [0.2, 0.25) is 0 Å². The van der Waals surface area contributed by atoms with Crippen molar-refractivity contribution in [2.45, 2.75) is 43.4 Å². The van der Waals surface area contributed by atoms with Crippen LogP contribution in [0.4, 0.5) is 0 Å². The van der Waals surface area contributed by atoms with E-state index in [0.29, 0.717) is 17.7 Å². The van der Waals surface area contributed by atoms with Crippen molar-refractivity contribution in [1.29, 1.82) is 0 Å². The van der Waals surface area contributed by atoms with E-state index in [2.05, 4.69) is 18.0 Å². The van der Waals surface area contributed by atoms with Gasteiger partial charge in [-0.05, 0) is 44.1 Å². The molecule has 1 aromatic rings. The summed E-state index contributed by atoms with van der Waals surface area (Å²) in [5.41, 5.74) is 2.21. The maximum absolute atomic E-state index is 11.6. The van der Waals surface area contributed by atoms with E-state index in [1.54, 1.807) is 6.07 Å². The van der Waals surface area contributed by atoms with Gasteiger partial charge in [0.05, 0.1) is 0 Å². The number of esters is 1. The topological polar surface area (TPSA) is 59.0 Å². The maximum atomic E-state index is 11.6. The number of likely N-dealkylation sites (N-methyl/N-ethyl adjacent to an activating group) is 1. The fraction of sp³-hybridized carbons (Fsp3) is 0.526. The fourth-order valence-corrected chi connectivity index (χ4v) is 5.51. The van der Waals surface area contributed by atoms with Crippen LogP contribution in [0.3, 0.4) is 0 Å². The quantitative estimate of drug-likeness (QED) is 0.629. The zero-order valence-corrected chi connectivity index (χ0v) is 13.9. The minimum Gasteiger partial charge on any atom is -0.504 e. The number of benzene rings is 1. The van der Waals surface area contributed by atoms with Gasteiger partial charge in [0.1, 0.15) is 6.10 Å². The second kappa shape index (κ2) is 4.54. The molecule has 1 saturated heterocycles. The molecule has 2 bridgehead atoms. The highest BCUT2D eigenvalue weighted by Crippen LogP contribution is 2.62. The maximum Gasteiger partial charge on any atom is 0.303 e. The van der Waals surface area contributed by atoms with E-state index >= 15 is 0 Å². The summed E-state index contributed by atoms with van der Waals surface area (Å²) < 4.78 is 11.8. The number of hydrogen-bond donors (Lipinski definition) is 1. The minimum absolute atomic E-state index is 0.190. The van der Waals surface area contributed by atoms with E-state index in [4.69, 9.17) is 9.47 Å². The van der Waals surface area contributed by atoms with Crippen molar-refractivity contribution in [2.75, 3.05) is 13.6 Å². The van der Waals surface area contributed by atoms with Gasteiger partial charge in [0, 0.05) is 29.9 Å². The molecule has 24 heavy (non-hydrogen) atoms. The molecule has 0 saturated carbocycles. The van der Waals surface area contributed by atoms with Crippen molar-refractivity contribution >= 4 is 5.97 Å². The number of nitrogens with zero attached hydrogens (tertiary/aromatic N) is 1. The monoisotopic (exact) mass is 327 g/mol. The molecular formula is C19H21NO4. The highest BCUT2D eigenvalue weighted by molar-refractivity contribution is 5.67. The molecular weight excluding hydrogens is 306 g/mol. The van der Waals surface area contributed by atoms with E-state index in [0.717, 1.165) is 24.9 Å². The average Bonchev–Trinajstić information content (AvgIpc) is 2.89. The predicted octanol–water partition coefficient (Wildman–Crippen LogP) is 1.77. The van der Waals surface area contributed by atoms with Crippen LogP contribution in [0.15, 0.2) is 24.3 Å². The molecule has 1 N–H and O–H groups in total. The molecule has 1 aromatic carbocycles. The van der Waals surface area contributed by atoms with Crippen LogP contribution >= 0.6 is 0 Å². The van der Waals surface area contributed by atoms with E-state index in [1.807, 2.05) is 12.1 Å². The van der Waals surface area contributed by atoms with Gasteiger partial charge in [-0.3, -0.25) is 4.79 Å². The zero-order chi connectivity index (χ0) is 16.6. The van der Waals surface area contributed by atoms with Gasteiger partial charge in [-0.25, -0.2) is 0 Å². The van der Waals surface area contributed by atoms with E-state index in [9.17, 15) is 9.90 Å². The lowest BCUT2D eigenvalue weighted by atomic mass is 9.53. The van der Waals surface area contributed by atoms with Crippen LogP contribution in [0.25, 0.3) is 0 Å². The summed E-state index contributed by atoms with van der Waals surface area (Å²) in [6.07, 6.45) is 5.45. The largest absolute Gasteiger partial charge is 0.504 e. The van der Waals surface area contributed by atoms with Crippen LogP contribution in [0.5, 0.6) is 11.5 Å². The molecule has 2 heterocycles. The van der Waals surface area contributed by atoms with E-state index < -0.39 is 6.10 Å². The molecule has 2 aliphatic carbocycles. The van der Waals surface area contributed by atoms with Crippen molar-refractivity contribution < 1.29 is 19.4 Å². The number of phenols is 1. The molecule has 5 heteroatoms. The number of phenolic OH excluding ortho intramolecular Hbond substituents is 1. The smallest absolute Gasteiger partial charge is 0.303 e. The zero-order valence-electron chi connectivity index (χ0n) is 13.9. The lowest BCUT2D eigenvalue weighted by Crippen LogP contribution is -2.65. The third kappa shape index (κ3) is 1.56. The molecule has 1 spiro atoms. The van der Waals surface area contributed by atoms with E-state index in [-0.39, 0.29) is 23.2 Å². The fourth-order valence-electron chi connectivity index (χ4n) is 5.51. The molecule has 4 aliphatic rings. The summed E-state index contributed by atoms with van der Waals surface area (Å²) in [6, 6.07) is 4.18. The molecule has 0 radical (unpaired) electrons. The number of rotatable bonds is 1. The molecule has 2 aliphatic heterocycles. The summed E-state index contributed by atoms with van der Waals surface area (Å²) in [5, 5.41) is 10.4. The molecule has 5 rings (SSSR count). The molecule has 126 valence electrons. The first-order chi connectivity index (χ1) is 11.5. The van der Waals surface area contributed by atoms with Gasteiger partial charge in [0.25, 0.3) is 0 Å². The van der Waals surface area contributed by atoms with Crippen molar-refractivity contribution in [3.63, 3.8) is 0 Å². The van der Waals surface area contributed by atoms with Crippen LogP contribution in [-0.4, -0.2) is 47.8 Å². The lowest BCUT2D eigenvalue weighted by molar-refractivity contribution is -0.152. The predicted molar refractivity (Wildman–Crippen MR) is 87.1 cm³/mol. The Morgan fingerprint density at radius 1 is 1.42 bits per heavy atom. The van der Waals surface area contributed by atoms with Gasteiger partial charge >= 0.3 is 5.97 Å². The van der Waals surface area contributed by atoms with Gasteiger partial charge in [-0.2, -0.15) is 0 Å². The van der Waals surface area contributed by atoms with Gasteiger partial charge in [0.15, 0.2) is 17.6 Å². The molecule has 0 aromatic heterocycles. The lowest BCUT2D eigenvalue weighted by Gasteiger charge is -2.56. The normalized spacial score (nSPS) is 38.4. The Hall–Kier alpha value is -2.01. The first kappa shape index (κ1) is 14.3. The highest BCUT2D eigenvalue weighted by Gasteiger charge is 2.64. The van der Waals surface area contributed by atoms with Crippen molar-refractivity contribution in [1.82, 2.24) is 4.90 Å². The number of hydrogen-bond acceptors (Lipinski definition) is 5. The van der Waals surface area contributed by atoms with Crippen molar-refractivity contribution in [3.05, 3.63) is 35.4 Å². The number of piperidine rings is 1. The Kier molecular flexibility index (Phi) is 2.71. The Balaban J connectivity index is 1.74. The molecule has 5 atom stereocenters. The number of ether oxygens (including phenoxy) is 2. The number of carbonyl (C=O) groups is 1. The summed E-state index contributed by atoms with van der Waals surface area (Å²) >= 11 is 0. The first-order valence-electron chi connectivity index (χ1n) is 8.60. The Morgan fingerprint density at radius 2 is 2.25 bits per heavy atom. The summed E-state index contributed by atoms with van der Waals surface area (Å²) in [6.45, 7) is 2.41. The highest BCUT2D eigenvalue weighted by atomic mass is 16.6. The van der Waals surface area contributed by atoms with Crippen LogP contribution in [-0.2, 0) is 21.4 Å². The third-order valence-corrected chi connectivity index (χ3v) is 6.43. The third-order valence-electron chi connectivity index (χ3n) is 6.43. The Bertz CT molecular complexity index is 773. The van der Waals surface area contributed by atoms with Crippen LogP contribution in [0.1, 0.15) is 24.5 Å². The Labute approximate surface area is 140 Å². The van der Waals surface area contributed by atoms with Crippen molar-refractivity contribution in [2.24, 2.45) is 5.92 Å². The first-order valence-corrected chi connectivity index (χ1v) is 8.60. The summed E-state index contributed by atoms with van der Waals surface area (Å²) in [7, 11) is 2.18. The standard InChI is InChI=1S/C19H21NO4/c1-10(21)23-15-6-4-12-13-9-11-3-5-14(22)17-16(11)19(12,18(15)24-17)7-8-20(13)2/h3-6,12-13,15,18,22H,7-9H2,1-2H3/t12?,13-,15?,18?,19+/m1/s1. The number of aromatic hydroxyl groups is 1. The van der Waals surface area contributed by atoms with Gasteiger partial charge < -0.3 is 19.5 Å². The molecule has 1 fully saturated rings. The van der Waals surface area contributed by atoms with E-state index in [1.165, 1.54) is 12.5 Å². The van der Waals surface area contributed by atoms with Gasteiger partial charge in [0.2, 0.25) is 0 Å². The van der Waals surface area contributed by atoms with Crippen LogP contribution in [0, 0.1) is 5.92 Å².